The average Bonchev–Trinajstić information content (AvgIpc) is 2.77. The van der Waals surface area contributed by atoms with Gasteiger partial charge in [0.25, 0.3) is 0 Å². The van der Waals surface area contributed by atoms with E-state index in [0.29, 0.717) is 6.10 Å². The zero-order chi connectivity index (χ0) is 11.6. The quantitative estimate of drug-likeness (QED) is 0.837. The Morgan fingerprint density at radius 3 is 3.06 bits per heavy atom. The zero-order valence-electron chi connectivity index (χ0n) is 10.4. The van der Waals surface area contributed by atoms with Crippen molar-refractivity contribution in [3.05, 3.63) is 18.2 Å². The van der Waals surface area contributed by atoms with Gasteiger partial charge in [0.1, 0.15) is 5.82 Å². The van der Waals surface area contributed by atoms with Crippen molar-refractivity contribution in [2.24, 2.45) is 0 Å². The summed E-state index contributed by atoms with van der Waals surface area (Å²) >= 11 is 0. The fraction of sp³-hybridized carbons (Fsp3) is 0.750. The summed E-state index contributed by atoms with van der Waals surface area (Å²) in [5.74, 6) is 1.07. The van der Waals surface area contributed by atoms with Crippen molar-refractivity contribution in [1.82, 2.24) is 14.9 Å². The molecule has 4 heteroatoms. The molecule has 2 unspecified atom stereocenters. The first-order valence-electron chi connectivity index (χ1n) is 5.96. The Balaban J connectivity index is 1.82. The van der Waals surface area contributed by atoms with Crippen LogP contribution in [0.15, 0.2) is 12.4 Å². The van der Waals surface area contributed by atoms with Gasteiger partial charge in [0.15, 0.2) is 0 Å². The van der Waals surface area contributed by atoms with Crippen LogP contribution in [-0.2, 0) is 11.3 Å². The molecular formula is C12H21N3O. The molecule has 2 rings (SSSR count). The van der Waals surface area contributed by atoms with Crippen LogP contribution in [0.3, 0.4) is 0 Å². The summed E-state index contributed by atoms with van der Waals surface area (Å²) in [7, 11) is 0. The molecule has 0 radical (unpaired) electrons. The summed E-state index contributed by atoms with van der Waals surface area (Å²) in [6.07, 6.45) is 5.26. The van der Waals surface area contributed by atoms with E-state index in [1.165, 1.54) is 0 Å². The number of rotatable bonds is 4. The molecule has 1 N–H and O–H groups in total. The molecule has 90 valence electrons. The molecule has 2 heterocycles. The van der Waals surface area contributed by atoms with Crippen LogP contribution in [0.4, 0.5) is 0 Å². The van der Waals surface area contributed by atoms with Gasteiger partial charge in [0.2, 0.25) is 0 Å². The van der Waals surface area contributed by atoms with Crippen LogP contribution in [-0.4, -0.2) is 34.3 Å². The number of nitrogens with one attached hydrogen (secondary N) is 1. The highest BCUT2D eigenvalue weighted by Gasteiger charge is 2.36. The Morgan fingerprint density at radius 2 is 2.50 bits per heavy atom. The molecule has 1 aromatic rings. The summed E-state index contributed by atoms with van der Waals surface area (Å²) in [6.45, 7) is 9.21. The van der Waals surface area contributed by atoms with Gasteiger partial charge in [-0.25, -0.2) is 4.98 Å². The Labute approximate surface area is 97.0 Å². The average molecular weight is 223 g/mol. The van der Waals surface area contributed by atoms with E-state index < -0.39 is 0 Å². The molecule has 1 aromatic heterocycles. The number of imidazole rings is 1. The maximum absolute atomic E-state index is 5.60. The molecule has 0 aliphatic carbocycles. The largest absolute Gasteiger partial charge is 0.377 e. The Bertz CT molecular complexity index is 350. The smallest absolute Gasteiger partial charge is 0.105 e. The van der Waals surface area contributed by atoms with E-state index in [1.807, 2.05) is 19.3 Å². The summed E-state index contributed by atoms with van der Waals surface area (Å²) in [6, 6.07) is 0. The van der Waals surface area contributed by atoms with E-state index in [9.17, 15) is 0 Å². The number of ether oxygens (including phenoxy) is 1. The van der Waals surface area contributed by atoms with Gasteiger partial charge >= 0.3 is 0 Å². The van der Waals surface area contributed by atoms with Crippen LogP contribution in [0, 0.1) is 6.92 Å². The topological polar surface area (TPSA) is 39.1 Å². The first-order valence-corrected chi connectivity index (χ1v) is 5.96. The highest BCUT2D eigenvalue weighted by Crippen LogP contribution is 2.24. The predicted octanol–water partition coefficient (Wildman–Crippen LogP) is 1.35. The number of hydrogen-bond donors (Lipinski definition) is 1. The summed E-state index contributed by atoms with van der Waals surface area (Å²) in [5.41, 5.74) is 0.133. The van der Waals surface area contributed by atoms with Crippen LogP contribution in [0.5, 0.6) is 0 Å². The van der Waals surface area contributed by atoms with E-state index in [4.69, 9.17) is 4.74 Å². The molecule has 16 heavy (non-hydrogen) atoms. The van der Waals surface area contributed by atoms with Gasteiger partial charge in [-0.3, -0.25) is 0 Å². The van der Waals surface area contributed by atoms with Crippen molar-refractivity contribution in [2.45, 2.75) is 45.4 Å². The fourth-order valence-electron chi connectivity index (χ4n) is 2.17. The van der Waals surface area contributed by atoms with Gasteiger partial charge in [-0.2, -0.15) is 0 Å². The lowest BCUT2D eigenvalue weighted by molar-refractivity contribution is 0.0885. The van der Waals surface area contributed by atoms with E-state index in [-0.39, 0.29) is 5.54 Å². The van der Waals surface area contributed by atoms with Gasteiger partial charge in [0, 0.05) is 37.6 Å². The Hall–Kier alpha value is -0.870. The molecule has 0 saturated carbocycles. The molecule has 1 aliphatic heterocycles. The maximum Gasteiger partial charge on any atom is 0.105 e. The van der Waals surface area contributed by atoms with Crippen molar-refractivity contribution in [1.29, 1.82) is 0 Å². The zero-order valence-corrected chi connectivity index (χ0v) is 10.4. The number of hydrogen-bond acceptors (Lipinski definition) is 3. The van der Waals surface area contributed by atoms with Gasteiger partial charge in [-0.05, 0) is 27.2 Å². The third-order valence-corrected chi connectivity index (χ3v) is 3.69. The first-order chi connectivity index (χ1) is 7.62. The lowest BCUT2D eigenvalue weighted by Crippen LogP contribution is -2.48. The van der Waals surface area contributed by atoms with Crippen LogP contribution < -0.4 is 5.32 Å². The molecule has 1 saturated heterocycles. The Morgan fingerprint density at radius 1 is 1.69 bits per heavy atom. The van der Waals surface area contributed by atoms with Crippen molar-refractivity contribution in [2.75, 3.05) is 13.2 Å². The maximum atomic E-state index is 5.60. The van der Waals surface area contributed by atoms with Crippen LogP contribution in [0.2, 0.25) is 0 Å². The molecule has 1 aliphatic rings. The minimum absolute atomic E-state index is 0.133. The normalized spacial score (nSPS) is 29.8. The van der Waals surface area contributed by atoms with Crippen LogP contribution in [0.25, 0.3) is 0 Å². The number of nitrogens with zero attached hydrogens (tertiary/aromatic N) is 2. The minimum atomic E-state index is 0.133. The van der Waals surface area contributed by atoms with Crippen molar-refractivity contribution < 1.29 is 4.74 Å². The second-order valence-corrected chi connectivity index (χ2v) is 4.78. The molecule has 4 nitrogen and oxygen atoms in total. The van der Waals surface area contributed by atoms with E-state index in [0.717, 1.165) is 31.9 Å². The monoisotopic (exact) mass is 223 g/mol. The lowest BCUT2D eigenvalue weighted by Gasteiger charge is -2.29. The number of aromatic nitrogens is 2. The second-order valence-electron chi connectivity index (χ2n) is 4.78. The SMILES string of the molecule is Cc1nccn1CCNC1(C)CCOC1C. The highest BCUT2D eigenvalue weighted by atomic mass is 16.5. The van der Waals surface area contributed by atoms with Crippen LogP contribution >= 0.6 is 0 Å². The van der Waals surface area contributed by atoms with Gasteiger partial charge in [-0.1, -0.05) is 0 Å². The molecule has 0 spiro atoms. The predicted molar refractivity (Wildman–Crippen MR) is 63.4 cm³/mol. The van der Waals surface area contributed by atoms with Crippen molar-refractivity contribution in [3.63, 3.8) is 0 Å². The summed E-state index contributed by atoms with van der Waals surface area (Å²) in [5, 5.41) is 3.60. The third-order valence-electron chi connectivity index (χ3n) is 3.69. The molecule has 0 amide bonds. The van der Waals surface area contributed by atoms with Gasteiger partial charge in [0.05, 0.1) is 6.10 Å². The van der Waals surface area contributed by atoms with Gasteiger partial charge in [-0.15, -0.1) is 0 Å². The molecule has 0 bridgehead atoms. The molecule has 0 aromatic carbocycles. The lowest BCUT2D eigenvalue weighted by atomic mass is 9.95. The highest BCUT2D eigenvalue weighted by molar-refractivity contribution is 4.94. The summed E-state index contributed by atoms with van der Waals surface area (Å²) < 4.78 is 7.76. The molecule has 1 fully saturated rings. The third kappa shape index (κ3) is 2.28. The van der Waals surface area contributed by atoms with Crippen molar-refractivity contribution in [3.8, 4) is 0 Å². The second kappa shape index (κ2) is 4.55. The van der Waals surface area contributed by atoms with Crippen molar-refractivity contribution >= 4 is 0 Å². The molecular weight excluding hydrogens is 202 g/mol. The van der Waals surface area contributed by atoms with E-state index in [1.54, 1.807) is 0 Å². The first kappa shape index (κ1) is 11.6. The minimum Gasteiger partial charge on any atom is -0.377 e. The standard InChI is InChI=1S/C12H21N3O/c1-10-12(3,4-9-16-10)14-6-8-15-7-5-13-11(15)2/h5,7,10,14H,4,6,8-9H2,1-3H3. The Kier molecular flexibility index (Phi) is 3.30. The molecule has 2 atom stereocenters. The fourth-order valence-corrected chi connectivity index (χ4v) is 2.17. The van der Waals surface area contributed by atoms with E-state index >= 15 is 0 Å². The van der Waals surface area contributed by atoms with Gasteiger partial charge < -0.3 is 14.6 Å². The van der Waals surface area contributed by atoms with E-state index in [2.05, 4.69) is 28.7 Å². The van der Waals surface area contributed by atoms with Crippen LogP contribution in [0.1, 0.15) is 26.1 Å². The number of aryl methyl sites for hydroxylation is 1. The summed E-state index contributed by atoms with van der Waals surface area (Å²) in [4.78, 5) is 4.21.